The maximum atomic E-state index is 12.9. The first-order valence-corrected chi connectivity index (χ1v) is 8.56. The van der Waals surface area contributed by atoms with Crippen LogP contribution in [0.2, 0.25) is 0 Å². The molecule has 0 bridgehead atoms. The second-order valence-electron chi connectivity index (χ2n) is 5.36. The first-order chi connectivity index (χ1) is 12.6. The molecule has 0 unspecified atom stereocenters. The molecule has 1 aromatic heterocycles. The molecular weight excluding hydrogens is 401 g/mol. The lowest BCUT2D eigenvalue weighted by atomic mass is 10.2. The van der Waals surface area contributed by atoms with Crippen molar-refractivity contribution in [1.82, 2.24) is 5.43 Å². The summed E-state index contributed by atoms with van der Waals surface area (Å²) in [7, 11) is 0. The highest BCUT2D eigenvalue weighted by molar-refractivity contribution is 9.10. The number of anilines is 1. The third-order valence-electron chi connectivity index (χ3n) is 3.43. The quantitative estimate of drug-likeness (QED) is 0.462. The lowest BCUT2D eigenvalue weighted by Crippen LogP contribution is -2.25. The van der Waals surface area contributed by atoms with Crippen LogP contribution in [0.15, 0.2) is 74.7 Å². The van der Waals surface area contributed by atoms with Gasteiger partial charge in [-0.05, 0) is 60.7 Å². The minimum Gasteiger partial charge on any atom is -0.455 e. The largest absolute Gasteiger partial charge is 0.455 e. The average Bonchev–Trinajstić information content (AvgIpc) is 3.11. The van der Waals surface area contributed by atoms with Gasteiger partial charge in [-0.1, -0.05) is 15.9 Å². The van der Waals surface area contributed by atoms with E-state index < -0.39 is 0 Å². The van der Waals surface area contributed by atoms with Crippen LogP contribution in [0.25, 0.3) is 11.3 Å². The molecule has 0 saturated heterocycles. The van der Waals surface area contributed by atoms with Crippen molar-refractivity contribution in [2.75, 3.05) is 11.9 Å². The van der Waals surface area contributed by atoms with Crippen LogP contribution in [0.4, 0.5) is 10.1 Å². The van der Waals surface area contributed by atoms with E-state index >= 15 is 0 Å². The summed E-state index contributed by atoms with van der Waals surface area (Å²) >= 11 is 3.35. The summed E-state index contributed by atoms with van der Waals surface area (Å²) in [5.41, 5.74) is 4.01. The summed E-state index contributed by atoms with van der Waals surface area (Å²) in [6.07, 6.45) is 1.41. The number of carbonyl (C=O) groups is 1. The zero-order chi connectivity index (χ0) is 18.4. The van der Waals surface area contributed by atoms with E-state index in [4.69, 9.17) is 4.42 Å². The number of hydrogen-bond donors (Lipinski definition) is 2. The van der Waals surface area contributed by atoms with Crippen LogP contribution in [0.1, 0.15) is 5.76 Å². The highest BCUT2D eigenvalue weighted by Gasteiger charge is 2.04. The second-order valence-corrected chi connectivity index (χ2v) is 6.28. The van der Waals surface area contributed by atoms with E-state index in [1.165, 1.54) is 18.3 Å². The molecule has 5 nitrogen and oxygen atoms in total. The number of furan rings is 1. The Morgan fingerprint density at radius 3 is 2.54 bits per heavy atom. The van der Waals surface area contributed by atoms with Crippen LogP contribution in [-0.4, -0.2) is 18.7 Å². The highest BCUT2D eigenvalue weighted by atomic mass is 79.9. The second kappa shape index (κ2) is 8.44. The van der Waals surface area contributed by atoms with Gasteiger partial charge >= 0.3 is 0 Å². The molecule has 0 aliphatic carbocycles. The lowest BCUT2D eigenvalue weighted by Gasteiger charge is -2.04. The molecule has 2 N–H and O–H groups in total. The van der Waals surface area contributed by atoms with Gasteiger partial charge in [-0.15, -0.1) is 0 Å². The van der Waals surface area contributed by atoms with Gasteiger partial charge in [-0.2, -0.15) is 5.10 Å². The van der Waals surface area contributed by atoms with Crippen LogP contribution in [0, 0.1) is 5.82 Å². The number of halogens is 2. The van der Waals surface area contributed by atoms with Gasteiger partial charge in [0.1, 0.15) is 17.3 Å². The minimum atomic E-state index is -0.304. The summed E-state index contributed by atoms with van der Waals surface area (Å²) in [6.45, 7) is 0.0952. The molecule has 1 heterocycles. The summed E-state index contributed by atoms with van der Waals surface area (Å²) in [4.78, 5) is 11.8. The van der Waals surface area contributed by atoms with E-state index in [1.54, 1.807) is 24.3 Å². The molecule has 3 aromatic rings. The first-order valence-electron chi connectivity index (χ1n) is 7.77. The Kier molecular flexibility index (Phi) is 5.80. The number of nitrogens with one attached hydrogen (secondary N) is 2. The van der Waals surface area contributed by atoms with E-state index in [0.717, 1.165) is 15.7 Å². The normalized spacial score (nSPS) is 10.8. The van der Waals surface area contributed by atoms with Crippen molar-refractivity contribution in [3.05, 3.63) is 76.7 Å². The number of amides is 1. The number of carbonyl (C=O) groups excluding carboxylic acids is 1. The molecule has 3 rings (SSSR count). The lowest BCUT2D eigenvalue weighted by molar-refractivity contribution is -0.119. The van der Waals surface area contributed by atoms with Crippen LogP contribution < -0.4 is 10.7 Å². The molecule has 0 aliphatic rings. The standard InChI is InChI=1S/C19H15BrFN3O2/c20-14-3-7-16(8-4-14)22-12-19(25)24-23-11-17-9-10-18(26-17)13-1-5-15(21)6-2-13/h1-11,22H,12H2,(H,24,25)/b23-11-. The number of hydrogen-bond acceptors (Lipinski definition) is 4. The third-order valence-corrected chi connectivity index (χ3v) is 3.96. The molecule has 0 saturated carbocycles. The minimum absolute atomic E-state index is 0.0952. The summed E-state index contributed by atoms with van der Waals surface area (Å²) in [5.74, 6) is 0.483. The molecule has 132 valence electrons. The zero-order valence-corrected chi connectivity index (χ0v) is 15.2. The number of benzene rings is 2. The zero-order valence-electron chi connectivity index (χ0n) is 13.6. The van der Waals surface area contributed by atoms with E-state index in [-0.39, 0.29) is 18.3 Å². The van der Waals surface area contributed by atoms with Crippen LogP contribution in [0.5, 0.6) is 0 Å². The van der Waals surface area contributed by atoms with Gasteiger partial charge in [0.05, 0.1) is 12.8 Å². The molecule has 0 fully saturated rings. The molecule has 0 spiro atoms. The van der Waals surface area contributed by atoms with Crippen molar-refractivity contribution >= 4 is 33.7 Å². The fourth-order valence-corrected chi connectivity index (χ4v) is 2.41. The topological polar surface area (TPSA) is 66.6 Å². The predicted octanol–water partition coefficient (Wildman–Crippen LogP) is 4.41. The fraction of sp³-hybridized carbons (Fsp3) is 0.0526. The molecular formula is C19H15BrFN3O2. The Bertz CT molecular complexity index is 905. The van der Waals surface area contributed by atoms with Gasteiger partial charge in [-0.3, -0.25) is 4.79 Å². The van der Waals surface area contributed by atoms with Crippen molar-refractivity contribution in [3.63, 3.8) is 0 Å². The van der Waals surface area contributed by atoms with Crippen molar-refractivity contribution in [2.24, 2.45) is 5.10 Å². The molecule has 2 aromatic carbocycles. The first kappa shape index (κ1) is 17.9. The highest BCUT2D eigenvalue weighted by Crippen LogP contribution is 2.21. The van der Waals surface area contributed by atoms with E-state index in [2.05, 4.69) is 31.8 Å². The summed E-state index contributed by atoms with van der Waals surface area (Å²) in [6, 6.07) is 17.0. The van der Waals surface area contributed by atoms with Gasteiger partial charge in [0.25, 0.3) is 5.91 Å². The molecule has 0 aliphatic heterocycles. The molecule has 1 amide bonds. The Hall–Kier alpha value is -2.93. The smallest absolute Gasteiger partial charge is 0.259 e. The van der Waals surface area contributed by atoms with E-state index in [0.29, 0.717) is 11.5 Å². The van der Waals surface area contributed by atoms with Crippen molar-refractivity contribution in [1.29, 1.82) is 0 Å². The van der Waals surface area contributed by atoms with E-state index in [1.807, 2.05) is 24.3 Å². The molecule has 7 heteroatoms. The predicted molar refractivity (Wildman–Crippen MR) is 102 cm³/mol. The van der Waals surface area contributed by atoms with Crippen LogP contribution in [0.3, 0.4) is 0 Å². The average molecular weight is 416 g/mol. The SMILES string of the molecule is O=C(CNc1ccc(Br)cc1)N/N=C\c1ccc(-c2ccc(F)cc2)o1. The summed E-state index contributed by atoms with van der Waals surface area (Å²) < 4.78 is 19.5. The molecule has 26 heavy (non-hydrogen) atoms. The Morgan fingerprint density at radius 1 is 1.08 bits per heavy atom. The third kappa shape index (κ3) is 5.03. The fourth-order valence-electron chi connectivity index (χ4n) is 2.15. The van der Waals surface area contributed by atoms with Gasteiger partial charge in [0, 0.05) is 15.7 Å². The monoisotopic (exact) mass is 415 g/mol. The van der Waals surface area contributed by atoms with Crippen molar-refractivity contribution < 1.29 is 13.6 Å². The Balaban J connectivity index is 1.49. The Morgan fingerprint density at radius 2 is 1.81 bits per heavy atom. The molecule has 0 atom stereocenters. The van der Waals surface area contributed by atoms with Gasteiger partial charge < -0.3 is 9.73 Å². The van der Waals surface area contributed by atoms with Crippen molar-refractivity contribution in [2.45, 2.75) is 0 Å². The van der Waals surface area contributed by atoms with E-state index in [9.17, 15) is 9.18 Å². The van der Waals surface area contributed by atoms with Crippen LogP contribution >= 0.6 is 15.9 Å². The molecule has 0 radical (unpaired) electrons. The van der Waals surface area contributed by atoms with Crippen molar-refractivity contribution in [3.8, 4) is 11.3 Å². The number of hydrazone groups is 1. The number of rotatable bonds is 6. The maximum absolute atomic E-state index is 12.9. The van der Waals surface area contributed by atoms with Gasteiger partial charge in [-0.25, -0.2) is 9.82 Å². The summed E-state index contributed by atoms with van der Waals surface area (Å²) in [5, 5.41) is 6.85. The Labute approximate surface area is 158 Å². The number of nitrogens with zero attached hydrogens (tertiary/aromatic N) is 1. The van der Waals surface area contributed by atoms with Crippen LogP contribution in [-0.2, 0) is 4.79 Å². The maximum Gasteiger partial charge on any atom is 0.259 e. The van der Waals surface area contributed by atoms with Gasteiger partial charge in [0.2, 0.25) is 0 Å². The van der Waals surface area contributed by atoms with Gasteiger partial charge in [0.15, 0.2) is 0 Å².